The van der Waals surface area contributed by atoms with Crippen molar-refractivity contribution in [2.24, 2.45) is 0 Å². The molecule has 29 heavy (non-hydrogen) atoms. The standard InChI is InChI=1S/C19H24N4O6/c1-19(12-5-6-13-14(9-12)29-8-4-7-28-13)17(26)23(18(27)21-19)11-16(25)22(3)10-15(24)20-2/h5-6,9H,4,7-8,10-11H2,1-3H3,(H,20,24)(H,21,27)/t19-/m1/s1. The maximum atomic E-state index is 13.0. The quantitative estimate of drug-likeness (QED) is 0.658. The lowest BCUT2D eigenvalue weighted by atomic mass is 9.91. The van der Waals surface area contributed by atoms with Crippen molar-refractivity contribution in [2.45, 2.75) is 18.9 Å². The molecule has 0 aliphatic carbocycles. The van der Waals surface area contributed by atoms with Gasteiger partial charge in [0.1, 0.15) is 12.1 Å². The zero-order valence-electron chi connectivity index (χ0n) is 16.6. The molecular formula is C19H24N4O6. The number of imide groups is 1. The van der Waals surface area contributed by atoms with E-state index in [1.54, 1.807) is 25.1 Å². The van der Waals surface area contributed by atoms with Crippen LogP contribution in [-0.4, -0.2) is 74.0 Å². The van der Waals surface area contributed by atoms with Crippen LogP contribution in [0, 0.1) is 0 Å². The summed E-state index contributed by atoms with van der Waals surface area (Å²) in [6, 6.07) is 4.38. The number of urea groups is 1. The lowest BCUT2D eigenvalue weighted by Crippen LogP contribution is -2.45. The fraction of sp³-hybridized carbons (Fsp3) is 0.474. The molecule has 2 N–H and O–H groups in total. The first kappa shape index (κ1) is 20.4. The molecule has 1 saturated heterocycles. The maximum absolute atomic E-state index is 13.0. The molecule has 2 heterocycles. The number of hydrogen-bond acceptors (Lipinski definition) is 6. The Morgan fingerprint density at radius 3 is 2.62 bits per heavy atom. The molecule has 10 nitrogen and oxygen atoms in total. The first-order chi connectivity index (χ1) is 13.8. The van der Waals surface area contributed by atoms with Gasteiger partial charge >= 0.3 is 6.03 Å². The normalized spacial score (nSPS) is 20.7. The molecular weight excluding hydrogens is 380 g/mol. The van der Waals surface area contributed by atoms with E-state index in [-0.39, 0.29) is 12.5 Å². The Kier molecular flexibility index (Phi) is 5.62. The second-order valence-electron chi connectivity index (χ2n) is 7.08. The second-order valence-corrected chi connectivity index (χ2v) is 7.08. The van der Waals surface area contributed by atoms with Crippen molar-refractivity contribution in [3.63, 3.8) is 0 Å². The van der Waals surface area contributed by atoms with Crippen LogP contribution in [-0.2, 0) is 19.9 Å². The van der Waals surface area contributed by atoms with Crippen molar-refractivity contribution in [1.82, 2.24) is 20.4 Å². The zero-order valence-corrected chi connectivity index (χ0v) is 16.6. The smallest absolute Gasteiger partial charge is 0.325 e. The van der Waals surface area contributed by atoms with Gasteiger partial charge in [0.05, 0.1) is 19.8 Å². The average molecular weight is 404 g/mol. The Bertz CT molecular complexity index is 857. The van der Waals surface area contributed by atoms with Gasteiger partial charge in [0.15, 0.2) is 11.5 Å². The van der Waals surface area contributed by atoms with Gasteiger partial charge in [-0.15, -0.1) is 0 Å². The van der Waals surface area contributed by atoms with Crippen molar-refractivity contribution in [3.8, 4) is 11.5 Å². The third kappa shape index (κ3) is 3.96. The number of carbonyl (C=O) groups excluding carboxylic acids is 4. The van der Waals surface area contributed by atoms with E-state index in [2.05, 4.69) is 10.6 Å². The molecule has 3 rings (SSSR count). The summed E-state index contributed by atoms with van der Waals surface area (Å²) < 4.78 is 11.3. The van der Waals surface area contributed by atoms with Gasteiger partial charge in [0.2, 0.25) is 11.8 Å². The Labute approximate surface area is 168 Å². The number of ether oxygens (including phenoxy) is 2. The van der Waals surface area contributed by atoms with E-state index in [1.807, 2.05) is 0 Å². The SMILES string of the molecule is CNC(=O)CN(C)C(=O)CN1C(=O)N[C@](C)(c2ccc3c(c2)OCCCO3)C1=O. The lowest BCUT2D eigenvalue weighted by molar-refractivity contribution is -0.139. The third-order valence-electron chi connectivity index (χ3n) is 4.98. The molecule has 0 spiro atoms. The highest BCUT2D eigenvalue weighted by Crippen LogP contribution is 2.36. The number of nitrogens with zero attached hydrogens (tertiary/aromatic N) is 2. The molecule has 0 radical (unpaired) electrons. The minimum absolute atomic E-state index is 0.168. The van der Waals surface area contributed by atoms with E-state index in [9.17, 15) is 19.2 Å². The van der Waals surface area contributed by atoms with Crippen LogP contribution in [0.15, 0.2) is 18.2 Å². The molecule has 0 bridgehead atoms. The van der Waals surface area contributed by atoms with Gasteiger partial charge in [-0.25, -0.2) is 4.79 Å². The van der Waals surface area contributed by atoms with E-state index in [0.29, 0.717) is 30.3 Å². The van der Waals surface area contributed by atoms with Crippen LogP contribution in [0.5, 0.6) is 11.5 Å². The summed E-state index contributed by atoms with van der Waals surface area (Å²) in [7, 11) is 2.89. The predicted molar refractivity (Wildman–Crippen MR) is 101 cm³/mol. The molecule has 1 fully saturated rings. The first-order valence-corrected chi connectivity index (χ1v) is 9.25. The van der Waals surface area contributed by atoms with Crippen LogP contribution in [0.25, 0.3) is 0 Å². The van der Waals surface area contributed by atoms with Crippen LogP contribution in [0.4, 0.5) is 4.79 Å². The van der Waals surface area contributed by atoms with E-state index >= 15 is 0 Å². The third-order valence-corrected chi connectivity index (χ3v) is 4.98. The van der Waals surface area contributed by atoms with E-state index in [4.69, 9.17) is 9.47 Å². The van der Waals surface area contributed by atoms with Crippen molar-refractivity contribution >= 4 is 23.8 Å². The molecule has 5 amide bonds. The van der Waals surface area contributed by atoms with Gasteiger partial charge in [-0.1, -0.05) is 6.07 Å². The number of amides is 5. The largest absolute Gasteiger partial charge is 0.490 e. The number of nitrogens with one attached hydrogen (secondary N) is 2. The summed E-state index contributed by atoms with van der Waals surface area (Å²) in [4.78, 5) is 51.3. The summed E-state index contributed by atoms with van der Waals surface area (Å²) in [6.45, 7) is 1.98. The van der Waals surface area contributed by atoms with E-state index < -0.39 is 29.9 Å². The van der Waals surface area contributed by atoms with Crippen molar-refractivity contribution < 1.29 is 28.7 Å². The van der Waals surface area contributed by atoms with E-state index in [0.717, 1.165) is 16.2 Å². The van der Waals surface area contributed by atoms with Crippen molar-refractivity contribution in [3.05, 3.63) is 23.8 Å². The summed E-state index contributed by atoms with van der Waals surface area (Å²) in [5, 5.41) is 5.07. The highest BCUT2D eigenvalue weighted by molar-refractivity contribution is 6.09. The monoisotopic (exact) mass is 404 g/mol. The average Bonchev–Trinajstić information content (AvgIpc) is 2.87. The topological polar surface area (TPSA) is 117 Å². The number of rotatable bonds is 5. The van der Waals surface area contributed by atoms with Gasteiger partial charge in [0.25, 0.3) is 5.91 Å². The highest BCUT2D eigenvalue weighted by atomic mass is 16.5. The Hall–Kier alpha value is -3.30. The molecule has 0 unspecified atom stereocenters. The van der Waals surface area contributed by atoms with Crippen LogP contribution in [0.2, 0.25) is 0 Å². The molecule has 1 atom stereocenters. The van der Waals surface area contributed by atoms with Crippen LogP contribution in [0.1, 0.15) is 18.9 Å². The number of benzene rings is 1. The van der Waals surface area contributed by atoms with Gasteiger partial charge in [-0.2, -0.15) is 0 Å². The Morgan fingerprint density at radius 1 is 1.24 bits per heavy atom. The summed E-state index contributed by atoms with van der Waals surface area (Å²) in [6.07, 6.45) is 0.746. The molecule has 1 aromatic rings. The number of carbonyl (C=O) groups is 4. The molecule has 10 heteroatoms. The lowest BCUT2D eigenvalue weighted by Gasteiger charge is -2.24. The van der Waals surface area contributed by atoms with Crippen molar-refractivity contribution in [1.29, 1.82) is 0 Å². The molecule has 2 aliphatic heterocycles. The Balaban J connectivity index is 1.78. The minimum atomic E-state index is -1.35. The fourth-order valence-electron chi connectivity index (χ4n) is 3.15. The molecule has 0 saturated carbocycles. The summed E-state index contributed by atoms with van der Waals surface area (Å²) >= 11 is 0. The Morgan fingerprint density at radius 2 is 1.93 bits per heavy atom. The van der Waals surface area contributed by atoms with Crippen LogP contribution >= 0.6 is 0 Å². The fourth-order valence-corrected chi connectivity index (χ4v) is 3.15. The summed E-state index contributed by atoms with van der Waals surface area (Å²) in [5.41, 5.74) is -0.824. The molecule has 1 aromatic carbocycles. The van der Waals surface area contributed by atoms with E-state index in [1.165, 1.54) is 14.1 Å². The zero-order chi connectivity index (χ0) is 21.2. The minimum Gasteiger partial charge on any atom is -0.490 e. The van der Waals surface area contributed by atoms with Crippen LogP contribution < -0.4 is 20.1 Å². The van der Waals surface area contributed by atoms with Crippen molar-refractivity contribution in [2.75, 3.05) is 40.4 Å². The molecule has 156 valence electrons. The molecule has 0 aromatic heterocycles. The summed E-state index contributed by atoms with van der Waals surface area (Å²) in [5.74, 6) is -0.355. The maximum Gasteiger partial charge on any atom is 0.325 e. The molecule has 2 aliphatic rings. The number of likely N-dealkylation sites (N-methyl/N-ethyl adjacent to an activating group) is 2. The number of fused-ring (bicyclic) bond motifs is 1. The van der Waals surface area contributed by atoms with Gasteiger partial charge in [-0.05, 0) is 24.6 Å². The first-order valence-electron chi connectivity index (χ1n) is 9.25. The second kappa shape index (κ2) is 7.98. The van der Waals surface area contributed by atoms with Gasteiger partial charge < -0.3 is 25.0 Å². The van der Waals surface area contributed by atoms with Gasteiger partial charge in [-0.3, -0.25) is 19.3 Å². The van der Waals surface area contributed by atoms with Gasteiger partial charge in [0, 0.05) is 20.5 Å². The number of hydrogen-bond donors (Lipinski definition) is 2. The predicted octanol–water partition coefficient (Wildman–Crippen LogP) is -0.181. The van der Waals surface area contributed by atoms with Crippen LogP contribution in [0.3, 0.4) is 0 Å². The highest BCUT2D eigenvalue weighted by Gasteiger charge is 2.50.